The molecule has 0 bridgehead atoms. The Kier molecular flexibility index (Phi) is 8.61. The number of carbonyl (C=O) groups excluding carboxylic acids is 2. The summed E-state index contributed by atoms with van der Waals surface area (Å²) in [5, 5.41) is 2.77. The molecule has 0 atom stereocenters. The largest absolute Gasteiger partial charge is 0.461 e. The molecule has 0 spiro atoms. The second kappa shape index (κ2) is 10.7. The fraction of sp³-hybridized carbons (Fsp3) is 0.412. The summed E-state index contributed by atoms with van der Waals surface area (Å²) >= 11 is 0. The Morgan fingerprint density at radius 1 is 1.19 bits per heavy atom. The molecule has 1 N–H and O–H groups in total. The van der Waals surface area contributed by atoms with Gasteiger partial charge in [0.1, 0.15) is 6.61 Å². The lowest BCUT2D eigenvalue weighted by atomic mass is 10.2. The van der Waals surface area contributed by atoms with Crippen LogP contribution >= 0.6 is 0 Å². The molecule has 0 saturated carbocycles. The molecule has 4 heteroatoms. The van der Waals surface area contributed by atoms with Crippen molar-refractivity contribution in [3.8, 4) is 0 Å². The van der Waals surface area contributed by atoms with E-state index in [1.807, 2.05) is 43.3 Å². The summed E-state index contributed by atoms with van der Waals surface area (Å²) in [6.07, 6.45) is 5.80. The van der Waals surface area contributed by atoms with Gasteiger partial charge in [0.15, 0.2) is 0 Å². The topological polar surface area (TPSA) is 55.4 Å². The third kappa shape index (κ3) is 8.63. The van der Waals surface area contributed by atoms with Gasteiger partial charge in [-0.2, -0.15) is 0 Å². The van der Waals surface area contributed by atoms with Crippen LogP contribution in [-0.4, -0.2) is 25.0 Å². The Labute approximate surface area is 126 Å². The molecule has 0 aromatic heterocycles. The molecule has 0 aliphatic rings. The van der Waals surface area contributed by atoms with Crippen LogP contribution in [-0.2, 0) is 14.3 Å². The van der Waals surface area contributed by atoms with Gasteiger partial charge in [0.05, 0.1) is 0 Å². The first-order valence-electron chi connectivity index (χ1n) is 7.36. The van der Waals surface area contributed by atoms with Crippen molar-refractivity contribution in [1.29, 1.82) is 0 Å². The molecule has 114 valence electrons. The molecule has 0 heterocycles. The molecule has 0 aliphatic heterocycles. The molecule has 1 rings (SSSR count). The number of benzene rings is 1. The van der Waals surface area contributed by atoms with Crippen molar-refractivity contribution in [3.05, 3.63) is 42.0 Å². The second-order valence-electron chi connectivity index (χ2n) is 4.70. The first kappa shape index (κ1) is 17.0. The van der Waals surface area contributed by atoms with E-state index >= 15 is 0 Å². The Balaban J connectivity index is 2.09. The van der Waals surface area contributed by atoms with Crippen molar-refractivity contribution in [2.45, 2.75) is 32.6 Å². The molecular weight excluding hydrogens is 266 g/mol. The number of amides is 1. The van der Waals surface area contributed by atoms with E-state index < -0.39 is 0 Å². The van der Waals surface area contributed by atoms with Crippen molar-refractivity contribution in [2.24, 2.45) is 0 Å². The highest BCUT2D eigenvalue weighted by Crippen LogP contribution is 2.02. The lowest BCUT2D eigenvalue weighted by molar-refractivity contribution is -0.142. The minimum absolute atomic E-state index is 0.00590. The number of rotatable bonds is 9. The average molecular weight is 289 g/mol. The second-order valence-corrected chi connectivity index (χ2v) is 4.70. The molecule has 0 unspecified atom stereocenters. The molecule has 4 nitrogen and oxygen atoms in total. The smallest absolute Gasteiger partial charge is 0.306 e. The van der Waals surface area contributed by atoms with Gasteiger partial charge in [-0.1, -0.05) is 43.3 Å². The number of hydrogen-bond acceptors (Lipinski definition) is 3. The van der Waals surface area contributed by atoms with Gasteiger partial charge in [0, 0.05) is 19.4 Å². The van der Waals surface area contributed by atoms with Crippen molar-refractivity contribution < 1.29 is 14.3 Å². The van der Waals surface area contributed by atoms with Crippen LogP contribution in [0.3, 0.4) is 0 Å². The van der Waals surface area contributed by atoms with Crippen LogP contribution in [0.15, 0.2) is 36.4 Å². The normalized spacial score (nSPS) is 10.5. The molecule has 1 aromatic carbocycles. The van der Waals surface area contributed by atoms with Crippen LogP contribution in [0, 0.1) is 0 Å². The SMILES string of the molecule is CCCNC(=O)CCCC(=O)OC/C=C/c1ccccc1. The van der Waals surface area contributed by atoms with Crippen LogP contribution in [0.25, 0.3) is 6.08 Å². The first-order chi connectivity index (χ1) is 10.2. The zero-order chi connectivity index (χ0) is 15.3. The van der Waals surface area contributed by atoms with E-state index in [1.54, 1.807) is 6.08 Å². The van der Waals surface area contributed by atoms with Gasteiger partial charge in [0.2, 0.25) is 5.91 Å². The average Bonchev–Trinajstić information content (AvgIpc) is 2.50. The van der Waals surface area contributed by atoms with Crippen LogP contribution < -0.4 is 5.32 Å². The van der Waals surface area contributed by atoms with E-state index in [9.17, 15) is 9.59 Å². The monoisotopic (exact) mass is 289 g/mol. The molecule has 0 saturated heterocycles. The summed E-state index contributed by atoms with van der Waals surface area (Å²) in [4.78, 5) is 22.8. The zero-order valence-electron chi connectivity index (χ0n) is 12.5. The number of esters is 1. The van der Waals surface area contributed by atoms with Gasteiger partial charge in [-0.3, -0.25) is 9.59 Å². The highest BCUT2D eigenvalue weighted by molar-refractivity contribution is 5.77. The third-order valence-corrected chi connectivity index (χ3v) is 2.81. The van der Waals surface area contributed by atoms with E-state index in [4.69, 9.17) is 4.74 Å². The standard InChI is InChI=1S/C17H23NO3/c1-2-13-18-16(19)11-6-12-17(20)21-14-7-10-15-8-4-3-5-9-15/h3-5,7-10H,2,6,11-14H2,1H3,(H,18,19)/b10-7+. The van der Waals surface area contributed by atoms with E-state index in [0.29, 0.717) is 19.4 Å². The van der Waals surface area contributed by atoms with E-state index in [0.717, 1.165) is 12.0 Å². The fourth-order valence-electron chi connectivity index (χ4n) is 1.71. The highest BCUT2D eigenvalue weighted by Gasteiger charge is 2.04. The third-order valence-electron chi connectivity index (χ3n) is 2.81. The Bertz CT molecular complexity index is 454. The lowest BCUT2D eigenvalue weighted by Crippen LogP contribution is -2.23. The fourth-order valence-corrected chi connectivity index (χ4v) is 1.71. The van der Waals surface area contributed by atoms with Gasteiger partial charge < -0.3 is 10.1 Å². The molecule has 0 radical (unpaired) electrons. The number of hydrogen-bond donors (Lipinski definition) is 1. The van der Waals surface area contributed by atoms with Crippen LogP contribution in [0.1, 0.15) is 38.2 Å². The van der Waals surface area contributed by atoms with Crippen LogP contribution in [0.2, 0.25) is 0 Å². The maximum Gasteiger partial charge on any atom is 0.306 e. The Morgan fingerprint density at radius 2 is 1.95 bits per heavy atom. The minimum Gasteiger partial charge on any atom is -0.461 e. The molecule has 1 amide bonds. The summed E-state index contributed by atoms with van der Waals surface area (Å²) in [6.45, 7) is 2.95. The quantitative estimate of drug-likeness (QED) is 0.711. The number of ether oxygens (including phenoxy) is 1. The van der Waals surface area contributed by atoms with Gasteiger partial charge in [-0.15, -0.1) is 0 Å². The summed E-state index contributed by atoms with van der Waals surface area (Å²) in [6, 6.07) is 9.82. The van der Waals surface area contributed by atoms with Crippen molar-refractivity contribution in [1.82, 2.24) is 5.32 Å². The maximum atomic E-state index is 11.5. The van der Waals surface area contributed by atoms with E-state index in [-0.39, 0.29) is 24.9 Å². The first-order valence-corrected chi connectivity index (χ1v) is 7.36. The van der Waals surface area contributed by atoms with Gasteiger partial charge in [-0.05, 0) is 24.5 Å². The summed E-state index contributed by atoms with van der Waals surface area (Å²) in [5.74, 6) is -0.273. The van der Waals surface area contributed by atoms with Crippen LogP contribution in [0.4, 0.5) is 0 Å². The minimum atomic E-state index is -0.268. The Hall–Kier alpha value is -2.10. The van der Waals surface area contributed by atoms with Crippen molar-refractivity contribution >= 4 is 18.0 Å². The highest BCUT2D eigenvalue weighted by atomic mass is 16.5. The van der Waals surface area contributed by atoms with Gasteiger partial charge in [-0.25, -0.2) is 0 Å². The molecule has 21 heavy (non-hydrogen) atoms. The molecular formula is C17H23NO3. The van der Waals surface area contributed by atoms with Crippen molar-refractivity contribution in [2.75, 3.05) is 13.2 Å². The molecule has 0 aliphatic carbocycles. The summed E-state index contributed by atoms with van der Waals surface area (Å²) in [5.41, 5.74) is 1.07. The Morgan fingerprint density at radius 3 is 2.67 bits per heavy atom. The summed E-state index contributed by atoms with van der Waals surface area (Å²) in [7, 11) is 0. The van der Waals surface area contributed by atoms with Crippen LogP contribution in [0.5, 0.6) is 0 Å². The molecule has 0 fully saturated rings. The lowest BCUT2D eigenvalue weighted by Gasteiger charge is -2.03. The van der Waals surface area contributed by atoms with E-state index in [2.05, 4.69) is 5.32 Å². The zero-order valence-corrected chi connectivity index (χ0v) is 12.5. The van der Waals surface area contributed by atoms with Gasteiger partial charge >= 0.3 is 5.97 Å². The predicted octanol–water partition coefficient (Wildman–Crippen LogP) is 2.94. The van der Waals surface area contributed by atoms with E-state index in [1.165, 1.54) is 0 Å². The maximum absolute atomic E-state index is 11.5. The van der Waals surface area contributed by atoms with Crippen molar-refractivity contribution in [3.63, 3.8) is 0 Å². The van der Waals surface area contributed by atoms with Gasteiger partial charge in [0.25, 0.3) is 0 Å². The number of nitrogens with one attached hydrogen (secondary N) is 1. The molecule has 1 aromatic rings. The predicted molar refractivity (Wildman–Crippen MR) is 83.6 cm³/mol. The summed E-state index contributed by atoms with van der Waals surface area (Å²) < 4.78 is 5.07. The number of carbonyl (C=O) groups is 2.